The Balaban J connectivity index is 2.35. The lowest BCUT2D eigenvalue weighted by atomic mass is 9.69. The maximum Gasteiger partial charge on any atom is 0.396 e. The second kappa shape index (κ2) is 8.62. The largest absolute Gasteiger partial charge is 0.455 e. The van der Waals surface area contributed by atoms with Crippen LogP contribution in [0, 0.1) is 5.92 Å². The van der Waals surface area contributed by atoms with Crippen LogP contribution in [0.1, 0.15) is 72.5 Å². The molecule has 1 aromatic rings. The molecule has 2 N–H and O–H groups in total. The Kier molecular flexibility index (Phi) is 6.88. The summed E-state index contributed by atoms with van der Waals surface area (Å²) in [7, 11) is 0. The van der Waals surface area contributed by atoms with Crippen LogP contribution in [-0.2, 0) is 19.2 Å². The van der Waals surface area contributed by atoms with Crippen LogP contribution in [0.2, 0.25) is 0 Å². The summed E-state index contributed by atoms with van der Waals surface area (Å²) in [5, 5.41) is 2.12. The van der Waals surface area contributed by atoms with Gasteiger partial charge < -0.3 is 10.5 Å². The number of hydroxylamine groups is 2. The lowest BCUT2D eigenvalue weighted by molar-refractivity contribution is -0.336. The number of amides is 1. The van der Waals surface area contributed by atoms with E-state index >= 15 is 0 Å². The molecule has 0 aromatic heterocycles. The van der Waals surface area contributed by atoms with Gasteiger partial charge in [-0.3, -0.25) is 9.63 Å². The lowest BCUT2D eigenvalue weighted by Gasteiger charge is -2.59. The zero-order valence-corrected chi connectivity index (χ0v) is 17.9. The van der Waals surface area contributed by atoms with Gasteiger partial charge in [-0.25, -0.2) is 4.79 Å². The molecule has 0 bridgehead atoms. The summed E-state index contributed by atoms with van der Waals surface area (Å²) >= 11 is 0. The van der Waals surface area contributed by atoms with Crippen molar-refractivity contribution in [1.82, 2.24) is 5.06 Å². The summed E-state index contributed by atoms with van der Waals surface area (Å²) in [6, 6.07) is 10.1. The topological polar surface area (TPSA) is 81.9 Å². The predicted molar refractivity (Wildman–Crippen MR) is 108 cm³/mol. The normalized spacial score (nSPS) is 31.9. The predicted octanol–water partition coefficient (Wildman–Crippen LogP) is 3.76. The molecule has 0 saturated carbocycles. The van der Waals surface area contributed by atoms with Crippen LogP contribution in [0.3, 0.4) is 0 Å². The Morgan fingerprint density at radius 2 is 1.82 bits per heavy atom. The third-order valence-corrected chi connectivity index (χ3v) is 6.60. The van der Waals surface area contributed by atoms with Crippen molar-refractivity contribution < 1.29 is 19.2 Å². The molecule has 1 aliphatic heterocycles. The quantitative estimate of drug-likeness (QED) is 0.591. The standard InChI is InChI=1S/C22H34N2O4/c1-7-21(5)14-18(27-20(26)19(23)25)15(3)22(6,8-2)24(21)28-16(4)17-12-10-9-11-13-17/h9-13,15-16,18H,7-8,14H2,1-6H3,(H2,23,25). The van der Waals surface area contributed by atoms with Gasteiger partial charge in [-0.15, -0.1) is 0 Å². The van der Waals surface area contributed by atoms with Crippen molar-refractivity contribution >= 4 is 11.9 Å². The van der Waals surface area contributed by atoms with Gasteiger partial charge in [0.05, 0.1) is 0 Å². The van der Waals surface area contributed by atoms with Crippen LogP contribution in [-0.4, -0.2) is 34.1 Å². The minimum Gasteiger partial charge on any atom is -0.455 e. The number of ether oxygens (including phenoxy) is 1. The molecular formula is C22H34N2O4. The minimum atomic E-state index is -1.06. The Bertz CT molecular complexity index is 695. The second-order valence-corrected chi connectivity index (χ2v) is 8.31. The number of carbonyl (C=O) groups is 2. The number of primary amides is 1. The van der Waals surface area contributed by atoms with E-state index < -0.39 is 18.0 Å². The second-order valence-electron chi connectivity index (χ2n) is 8.31. The molecule has 0 aliphatic carbocycles. The first kappa shape index (κ1) is 22.4. The van der Waals surface area contributed by atoms with E-state index in [9.17, 15) is 9.59 Å². The van der Waals surface area contributed by atoms with Crippen molar-refractivity contribution in [2.75, 3.05) is 0 Å². The van der Waals surface area contributed by atoms with E-state index in [0.717, 1.165) is 18.4 Å². The van der Waals surface area contributed by atoms with Gasteiger partial charge in [-0.05, 0) is 39.2 Å². The SMILES string of the molecule is CCC1(C)CC(OC(=O)C(N)=O)C(C)C(C)(CC)N1OC(C)c1ccccc1. The van der Waals surface area contributed by atoms with Crippen molar-refractivity contribution in [2.24, 2.45) is 11.7 Å². The highest BCUT2D eigenvalue weighted by molar-refractivity contribution is 6.31. The van der Waals surface area contributed by atoms with Crippen molar-refractivity contribution in [3.63, 3.8) is 0 Å². The third kappa shape index (κ3) is 4.23. The molecule has 6 heteroatoms. The molecule has 1 heterocycles. The van der Waals surface area contributed by atoms with Gasteiger partial charge in [0.15, 0.2) is 0 Å². The van der Waals surface area contributed by atoms with Crippen LogP contribution >= 0.6 is 0 Å². The van der Waals surface area contributed by atoms with Crippen LogP contribution in [0.15, 0.2) is 30.3 Å². The van der Waals surface area contributed by atoms with E-state index in [1.165, 1.54) is 0 Å². The van der Waals surface area contributed by atoms with Crippen LogP contribution in [0.25, 0.3) is 0 Å². The number of piperidine rings is 1. The lowest BCUT2D eigenvalue weighted by Crippen LogP contribution is -2.68. The number of carbonyl (C=O) groups excluding carboxylic acids is 2. The number of rotatable bonds is 6. The smallest absolute Gasteiger partial charge is 0.396 e. The Hall–Kier alpha value is -1.92. The number of hydrogen-bond donors (Lipinski definition) is 1. The van der Waals surface area contributed by atoms with E-state index in [1.54, 1.807) is 0 Å². The first-order valence-electron chi connectivity index (χ1n) is 10.1. The number of benzene rings is 1. The first-order valence-corrected chi connectivity index (χ1v) is 10.1. The third-order valence-electron chi connectivity index (χ3n) is 6.60. The maximum atomic E-state index is 11.9. The first-order chi connectivity index (χ1) is 13.1. The van der Waals surface area contributed by atoms with E-state index in [-0.39, 0.29) is 23.1 Å². The van der Waals surface area contributed by atoms with Gasteiger partial charge >= 0.3 is 11.9 Å². The van der Waals surface area contributed by atoms with Crippen LogP contribution in [0.4, 0.5) is 0 Å². The van der Waals surface area contributed by atoms with Gasteiger partial charge in [-0.1, -0.05) is 51.1 Å². The summed E-state index contributed by atoms with van der Waals surface area (Å²) in [5.41, 5.74) is 5.48. The fourth-order valence-electron chi connectivity index (χ4n) is 4.18. The highest BCUT2D eigenvalue weighted by atomic mass is 16.7. The molecular weight excluding hydrogens is 356 g/mol. The Morgan fingerprint density at radius 3 is 2.32 bits per heavy atom. The van der Waals surface area contributed by atoms with Gasteiger partial charge in [0, 0.05) is 23.4 Å². The number of nitrogens with two attached hydrogens (primary N) is 1. The van der Waals surface area contributed by atoms with Gasteiger partial charge in [-0.2, -0.15) is 5.06 Å². The molecule has 0 spiro atoms. The Labute approximate surface area is 168 Å². The molecule has 1 amide bonds. The average molecular weight is 391 g/mol. The molecule has 6 nitrogen and oxygen atoms in total. The fraction of sp³-hybridized carbons (Fsp3) is 0.636. The van der Waals surface area contributed by atoms with E-state index in [4.69, 9.17) is 15.3 Å². The molecule has 156 valence electrons. The molecule has 1 aromatic carbocycles. The highest BCUT2D eigenvalue weighted by Crippen LogP contribution is 2.48. The van der Waals surface area contributed by atoms with Crippen molar-refractivity contribution in [3.05, 3.63) is 35.9 Å². The van der Waals surface area contributed by atoms with E-state index in [2.05, 4.69) is 44.9 Å². The fourth-order valence-corrected chi connectivity index (χ4v) is 4.18. The highest BCUT2D eigenvalue weighted by Gasteiger charge is 2.55. The van der Waals surface area contributed by atoms with Crippen LogP contribution in [0.5, 0.6) is 0 Å². The van der Waals surface area contributed by atoms with Crippen LogP contribution < -0.4 is 5.73 Å². The molecule has 5 unspecified atom stereocenters. The molecule has 1 saturated heterocycles. The summed E-state index contributed by atoms with van der Waals surface area (Å²) in [4.78, 5) is 29.6. The molecule has 2 rings (SSSR count). The number of nitrogens with zero attached hydrogens (tertiary/aromatic N) is 1. The molecule has 1 aliphatic rings. The summed E-state index contributed by atoms with van der Waals surface area (Å²) in [5.74, 6) is -2.07. The summed E-state index contributed by atoms with van der Waals surface area (Å²) < 4.78 is 5.50. The summed E-state index contributed by atoms with van der Waals surface area (Å²) in [6.07, 6.45) is 1.66. The Morgan fingerprint density at radius 1 is 1.21 bits per heavy atom. The zero-order chi connectivity index (χ0) is 21.1. The molecule has 1 fully saturated rings. The minimum absolute atomic E-state index is 0.0385. The van der Waals surface area contributed by atoms with Crippen molar-refractivity contribution in [3.8, 4) is 0 Å². The average Bonchev–Trinajstić information content (AvgIpc) is 2.69. The molecule has 28 heavy (non-hydrogen) atoms. The van der Waals surface area contributed by atoms with Gasteiger partial charge in [0.25, 0.3) is 0 Å². The monoisotopic (exact) mass is 390 g/mol. The zero-order valence-electron chi connectivity index (χ0n) is 17.9. The van der Waals surface area contributed by atoms with E-state index in [0.29, 0.717) is 6.42 Å². The van der Waals surface area contributed by atoms with Crippen molar-refractivity contribution in [1.29, 1.82) is 0 Å². The van der Waals surface area contributed by atoms with Crippen molar-refractivity contribution in [2.45, 2.75) is 84.1 Å². The molecule has 5 atom stereocenters. The summed E-state index contributed by atoms with van der Waals surface area (Å²) in [6.45, 7) is 12.5. The number of hydrogen-bond acceptors (Lipinski definition) is 5. The van der Waals surface area contributed by atoms with Gasteiger partial charge in [0.2, 0.25) is 0 Å². The molecule has 0 radical (unpaired) electrons. The van der Waals surface area contributed by atoms with E-state index in [1.807, 2.05) is 32.0 Å². The van der Waals surface area contributed by atoms with Gasteiger partial charge in [0.1, 0.15) is 12.2 Å². The number of esters is 1. The maximum absolute atomic E-state index is 11.9.